The summed E-state index contributed by atoms with van der Waals surface area (Å²) in [5.74, 6) is 0.224. The first-order chi connectivity index (χ1) is 8.97. The van der Waals surface area contributed by atoms with Gasteiger partial charge in [-0.3, -0.25) is 0 Å². The Bertz CT molecular complexity index is 430. The maximum atomic E-state index is 12.8. The minimum Gasteiger partial charge on any atom is -0.493 e. The topological polar surface area (TPSA) is 21.3 Å². The highest BCUT2D eigenvalue weighted by Crippen LogP contribution is 2.38. The lowest BCUT2D eigenvalue weighted by atomic mass is 9.99. The monoisotopic (exact) mass is 337 g/mol. The molecule has 2 nitrogen and oxygen atoms in total. The summed E-state index contributed by atoms with van der Waals surface area (Å²) in [7, 11) is 0. The van der Waals surface area contributed by atoms with Crippen molar-refractivity contribution in [2.75, 3.05) is 19.7 Å². The van der Waals surface area contributed by atoms with E-state index in [-0.39, 0.29) is 5.75 Å². The number of hydrogen-bond acceptors (Lipinski definition) is 2. The second-order valence-electron chi connectivity index (χ2n) is 4.64. The molecular weight excluding hydrogens is 323 g/mol. The summed E-state index contributed by atoms with van der Waals surface area (Å²) in [6, 6.07) is 3.80. The summed E-state index contributed by atoms with van der Waals surface area (Å²) in [5.41, 5.74) is -0.718. The predicted octanol–water partition coefficient (Wildman–Crippen LogP) is 3.85. The first-order valence-corrected chi connectivity index (χ1v) is 6.96. The van der Waals surface area contributed by atoms with Crippen LogP contribution in [0.3, 0.4) is 0 Å². The van der Waals surface area contributed by atoms with E-state index in [9.17, 15) is 13.2 Å². The molecule has 1 heterocycles. The summed E-state index contributed by atoms with van der Waals surface area (Å²) in [5, 5.41) is 3.21. The second kappa shape index (κ2) is 6.13. The standard InChI is InChI=1S/C13H15BrF3NO/c14-10-1-2-11(13(15,16)17)12(7-10)19-8-9-3-5-18-6-4-9/h1-2,7,9,18H,3-6,8H2. The number of piperidine rings is 1. The van der Waals surface area contributed by atoms with E-state index in [1.165, 1.54) is 12.1 Å². The Morgan fingerprint density at radius 3 is 2.58 bits per heavy atom. The number of halogens is 4. The van der Waals surface area contributed by atoms with Gasteiger partial charge in [0, 0.05) is 4.47 Å². The van der Waals surface area contributed by atoms with Crippen molar-refractivity contribution in [3.8, 4) is 5.75 Å². The fraction of sp³-hybridized carbons (Fsp3) is 0.538. The molecule has 0 atom stereocenters. The van der Waals surface area contributed by atoms with Crippen LogP contribution in [0.25, 0.3) is 0 Å². The predicted molar refractivity (Wildman–Crippen MR) is 70.2 cm³/mol. The average Bonchev–Trinajstić information content (AvgIpc) is 2.36. The van der Waals surface area contributed by atoms with Gasteiger partial charge in [0.2, 0.25) is 0 Å². The molecule has 0 spiro atoms. The number of rotatable bonds is 3. The zero-order valence-electron chi connectivity index (χ0n) is 10.3. The number of ether oxygens (including phenoxy) is 1. The van der Waals surface area contributed by atoms with Gasteiger partial charge >= 0.3 is 6.18 Å². The molecule has 1 fully saturated rings. The summed E-state index contributed by atoms with van der Waals surface area (Å²) in [6.45, 7) is 2.14. The van der Waals surface area contributed by atoms with Crippen LogP contribution in [0, 0.1) is 5.92 Å². The zero-order valence-corrected chi connectivity index (χ0v) is 11.9. The summed E-state index contributed by atoms with van der Waals surface area (Å²) in [6.07, 6.45) is -2.51. The van der Waals surface area contributed by atoms with Gasteiger partial charge in [0.25, 0.3) is 0 Å². The van der Waals surface area contributed by atoms with Gasteiger partial charge in [0.1, 0.15) is 5.75 Å². The highest BCUT2D eigenvalue weighted by atomic mass is 79.9. The molecule has 1 saturated heterocycles. The molecular formula is C13H15BrF3NO. The van der Waals surface area contributed by atoms with Crippen molar-refractivity contribution in [1.82, 2.24) is 5.32 Å². The largest absolute Gasteiger partial charge is 0.493 e. The van der Waals surface area contributed by atoms with Gasteiger partial charge in [-0.05, 0) is 50.0 Å². The van der Waals surface area contributed by atoms with Crippen LogP contribution in [0.15, 0.2) is 22.7 Å². The van der Waals surface area contributed by atoms with Crippen molar-refractivity contribution in [2.45, 2.75) is 19.0 Å². The molecule has 106 valence electrons. The van der Waals surface area contributed by atoms with Gasteiger partial charge in [0.05, 0.1) is 12.2 Å². The first kappa shape index (κ1) is 14.7. The molecule has 0 radical (unpaired) electrons. The van der Waals surface area contributed by atoms with Gasteiger partial charge < -0.3 is 10.1 Å². The maximum Gasteiger partial charge on any atom is 0.419 e. The van der Waals surface area contributed by atoms with Gasteiger partial charge in [-0.1, -0.05) is 15.9 Å². The number of nitrogens with one attached hydrogen (secondary N) is 1. The van der Waals surface area contributed by atoms with Crippen molar-refractivity contribution < 1.29 is 17.9 Å². The van der Waals surface area contributed by atoms with Crippen molar-refractivity contribution >= 4 is 15.9 Å². The van der Waals surface area contributed by atoms with E-state index in [1.54, 1.807) is 0 Å². The van der Waals surface area contributed by atoms with Crippen molar-refractivity contribution in [3.05, 3.63) is 28.2 Å². The molecule has 0 aliphatic carbocycles. The average molecular weight is 338 g/mol. The quantitative estimate of drug-likeness (QED) is 0.904. The Balaban J connectivity index is 2.07. The Labute approximate surface area is 118 Å². The van der Waals surface area contributed by atoms with Crippen LogP contribution in [0.1, 0.15) is 18.4 Å². The molecule has 1 N–H and O–H groups in total. The lowest BCUT2D eigenvalue weighted by Crippen LogP contribution is -2.30. The lowest BCUT2D eigenvalue weighted by Gasteiger charge is -2.23. The van der Waals surface area contributed by atoms with E-state index >= 15 is 0 Å². The maximum absolute atomic E-state index is 12.8. The zero-order chi connectivity index (χ0) is 13.9. The highest BCUT2D eigenvalue weighted by Gasteiger charge is 2.34. The Kier molecular flexibility index (Phi) is 4.73. The van der Waals surface area contributed by atoms with Gasteiger partial charge in [-0.2, -0.15) is 13.2 Å². The van der Waals surface area contributed by atoms with Crippen LogP contribution in [0.4, 0.5) is 13.2 Å². The Morgan fingerprint density at radius 2 is 1.95 bits per heavy atom. The van der Waals surface area contributed by atoms with Crippen LogP contribution in [0.5, 0.6) is 5.75 Å². The summed E-state index contributed by atoms with van der Waals surface area (Å²) in [4.78, 5) is 0. The van der Waals surface area contributed by atoms with E-state index in [4.69, 9.17) is 4.74 Å². The summed E-state index contributed by atoms with van der Waals surface area (Å²) >= 11 is 3.17. The van der Waals surface area contributed by atoms with E-state index in [1.807, 2.05) is 0 Å². The number of hydrogen-bond donors (Lipinski definition) is 1. The molecule has 0 bridgehead atoms. The SMILES string of the molecule is FC(F)(F)c1ccc(Br)cc1OCC1CCNCC1. The third kappa shape index (κ3) is 4.11. The fourth-order valence-electron chi connectivity index (χ4n) is 2.11. The summed E-state index contributed by atoms with van der Waals surface area (Å²) < 4.78 is 44.5. The van der Waals surface area contributed by atoms with E-state index in [0.717, 1.165) is 32.0 Å². The van der Waals surface area contributed by atoms with E-state index in [2.05, 4.69) is 21.2 Å². The Morgan fingerprint density at radius 1 is 1.26 bits per heavy atom. The lowest BCUT2D eigenvalue weighted by molar-refractivity contribution is -0.139. The Hall–Kier alpha value is -0.750. The molecule has 1 aliphatic rings. The van der Waals surface area contributed by atoms with E-state index < -0.39 is 11.7 Å². The molecule has 0 saturated carbocycles. The van der Waals surface area contributed by atoms with Crippen LogP contribution in [-0.4, -0.2) is 19.7 Å². The molecule has 1 aromatic carbocycles. The van der Waals surface area contributed by atoms with Crippen LogP contribution in [-0.2, 0) is 6.18 Å². The minimum atomic E-state index is -4.38. The molecule has 2 rings (SSSR count). The second-order valence-corrected chi connectivity index (χ2v) is 5.56. The highest BCUT2D eigenvalue weighted by molar-refractivity contribution is 9.10. The molecule has 0 aromatic heterocycles. The fourth-order valence-corrected chi connectivity index (χ4v) is 2.45. The molecule has 0 unspecified atom stereocenters. The van der Waals surface area contributed by atoms with Crippen molar-refractivity contribution in [3.63, 3.8) is 0 Å². The van der Waals surface area contributed by atoms with Gasteiger partial charge in [-0.25, -0.2) is 0 Å². The third-order valence-corrected chi connectivity index (χ3v) is 3.68. The van der Waals surface area contributed by atoms with Crippen LogP contribution < -0.4 is 10.1 Å². The smallest absolute Gasteiger partial charge is 0.419 e. The van der Waals surface area contributed by atoms with Crippen LogP contribution >= 0.6 is 15.9 Å². The normalized spacial score (nSPS) is 17.5. The number of alkyl halides is 3. The number of benzene rings is 1. The molecule has 6 heteroatoms. The van der Waals surface area contributed by atoms with Crippen LogP contribution in [0.2, 0.25) is 0 Å². The first-order valence-electron chi connectivity index (χ1n) is 6.17. The molecule has 0 amide bonds. The third-order valence-electron chi connectivity index (χ3n) is 3.18. The van der Waals surface area contributed by atoms with Crippen molar-refractivity contribution in [2.24, 2.45) is 5.92 Å². The van der Waals surface area contributed by atoms with Gasteiger partial charge in [-0.15, -0.1) is 0 Å². The van der Waals surface area contributed by atoms with Crippen molar-refractivity contribution in [1.29, 1.82) is 0 Å². The van der Waals surface area contributed by atoms with E-state index in [0.29, 0.717) is 17.0 Å². The van der Waals surface area contributed by atoms with Gasteiger partial charge in [0.15, 0.2) is 0 Å². The molecule has 1 aromatic rings. The molecule has 19 heavy (non-hydrogen) atoms. The minimum absolute atomic E-state index is 0.0968. The molecule has 1 aliphatic heterocycles.